The summed E-state index contributed by atoms with van der Waals surface area (Å²) >= 11 is 0. The minimum Gasteiger partial charge on any atom is -0.497 e. The number of halogens is 1. The molecule has 174 valence electrons. The fraction of sp³-hybridized carbons (Fsp3) is 0.185. The third kappa shape index (κ3) is 3.10. The predicted molar refractivity (Wildman–Crippen MR) is 126 cm³/mol. The van der Waals surface area contributed by atoms with Crippen molar-refractivity contribution < 1.29 is 23.5 Å². The third-order valence-corrected chi connectivity index (χ3v) is 7.02. The topological polar surface area (TPSA) is 79.3 Å². The standard InChI is InChI=1S/C27H20FN3O4/c1-35-19-12-6-15(7-13-19)25(32)24-22-21(23-20-5-3-2-4-16(20)14-29-31(23)24)26(33)30(27(22)34)18-10-8-17(28)9-11-18/h2-14,21-24H,1H3/t21-,22+,23?,24-/m0/s1. The van der Waals surface area contributed by atoms with E-state index < -0.39 is 41.6 Å². The lowest BCUT2D eigenvalue weighted by molar-refractivity contribution is -0.124. The molecule has 1 unspecified atom stereocenters. The number of hydrogen-bond acceptors (Lipinski definition) is 6. The van der Waals surface area contributed by atoms with Crippen molar-refractivity contribution in [3.63, 3.8) is 0 Å². The maximum atomic E-state index is 13.8. The molecule has 0 radical (unpaired) electrons. The number of Topliss-reactive ketones (excluding diaryl/α,β-unsaturated/α-hetero) is 1. The molecule has 8 heteroatoms. The summed E-state index contributed by atoms with van der Waals surface area (Å²) in [6.45, 7) is 0. The molecule has 3 heterocycles. The van der Waals surface area contributed by atoms with E-state index >= 15 is 0 Å². The van der Waals surface area contributed by atoms with Crippen molar-refractivity contribution >= 4 is 29.5 Å². The zero-order chi connectivity index (χ0) is 24.3. The van der Waals surface area contributed by atoms with Crippen LogP contribution in [0.15, 0.2) is 77.9 Å². The van der Waals surface area contributed by atoms with Crippen LogP contribution >= 0.6 is 0 Å². The average Bonchev–Trinajstić information content (AvgIpc) is 3.37. The normalized spacial score (nSPS) is 24.3. The zero-order valence-corrected chi connectivity index (χ0v) is 18.7. The number of methoxy groups -OCH3 is 1. The van der Waals surface area contributed by atoms with Crippen LogP contribution in [0.2, 0.25) is 0 Å². The van der Waals surface area contributed by atoms with Gasteiger partial charge in [-0.3, -0.25) is 19.4 Å². The summed E-state index contributed by atoms with van der Waals surface area (Å²) < 4.78 is 18.7. The highest BCUT2D eigenvalue weighted by Crippen LogP contribution is 2.53. The maximum absolute atomic E-state index is 13.8. The van der Waals surface area contributed by atoms with E-state index in [0.717, 1.165) is 16.0 Å². The monoisotopic (exact) mass is 469 g/mol. The van der Waals surface area contributed by atoms with Crippen LogP contribution in [0.3, 0.4) is 0 Å². The lowest BCUT2D eigenvalue weighted by Gasteiger charge is -2.33. The van der Waals surface area contributed by atoms with Gasteiger partial charge < -0.3 is 4.74 Å². The fourth-order valence-corrected chi connectivity index (χ4v) is 5.44. The molecule has 3 aliphatic rings. The number of hydrogen-bond donors (Lipinski definition) is 0. The van der Waals surface area contributed by atoms with E-state index in [4.69, 9.17) is 4.74 Å². The van der Waals surface area contributed by atoms with Crippen LogP contribution in [0.25, 0.3) is 0 Å². The van der Waals surface area contributed by atoms with Crippen LogP contribution in [0.5, 0.6) is 5.75 Å². The number of carbonyl (C=O) groups excluding carboxylic acids is 3. The van der Waals surface area contributed by atoms with Crippen molar-refractivity contribution in [3.05, 3.63) is 95.3 Å². The van der Waals surface area contributed by atoms with Gasteiger partial charge in [-0.1, -0.05) is 24.3 Å². The van der Waals surface area contributed by atoms with Crippen molar-refractivity contribution in [3.8, 4) is 5.75 Å². The molecule has 0 saturated carbocycles. The van der Waals surface area contributed by atoms with E-state index in [-0.39, 0.29) is 11.5 Å². The Morgan fingerprint density at radius 1 is 0.914 bits per heavy atom. The number of rotatable bonds is 4. The molecular formula is C27H20FN3O4. The number of amides is 2. The Morgan fingerprint density at radius 2 is 1.60 bits per heavy atom. The number of benzene rings is 3. The molecule has 3 aromatic carbocycles. The predicted octanol–water partition coefficient (Wildman–Crippen LogP) is 3.60. The zero-order valence-electron chi connectivity index (χ0n) is 18.7. The Morgan fingerprint density at radius 3 is 2.31 bits per heavy atom. The van der Waals surface area contributed by atoms with Gasteiger partial charge >= 0.3 is 0 Å². The van der Waals surface area contributed by atoms with Crippen LogP contribution in [-0.4, -0.2) is 42.0 Å². The molecule has 35 heavy (non-hydrogen) atoms. The molecule has 4 atom stereocenters. The van der Waals surface area contributed by atoms with Gasteiger partial charge in [-0.2, -0.15) is 5.10 Å². The molecule has 3 aliphatic heterocycles. The number of hydrazone groups is 1. The number of carbonyl (C=O) groups is 3. The Hall–Kier alpha value is -4.33. The summed E-state index contributed by atoms with van der Waals surface area (Å²) in [6.07, 6.45) is 1.66. The molecule has 0 bridgehead atoms. The summed E-state index contributed by atoms with van der Waals surface area (Å²) in [4.78, 5) is 42.4. The van der Waals surface area contributed by atoms with Crippen LogP contribution in [0.1, 0.15) is 27.5 Å². The molecule has 0 N–H and O–H groups in total. The lowest BCUT2D eigenvalue weighted by atomic mass is 9.83. The molecule has 2 amide bonds. The Labute approximate surface area is 200 Å². The molecule has 7 nitrogen and oxygen atoms in total. The Bertz CT molecular complexity index is 1390. The highest BCUT2D eigenvalue weighted by molar-refractivity contribution is 6.24. The van der Waals surface area contributed by atoms with E-state index in [1.54, 1.807) is 35.5 Å². The Balaban J connectivity index is 1.47. The second-order valence-electron chi connectivity index (χ2n) is 8.78. The molecule has 6 rings (SSSR count). The second-order valence-corrected chi connectivity index (χ2v) is 8.78. The summed E-state index contributed by atoms with van der Waals surface area (Å²) in [7, 11) is 1.54. The number of imide groups is 1. The highest BCUT2D eigenvalue weighted by Gasteiger charge is 2.65. The number of fused-ring (bicyclic) bond motifs is 5. The average molecular weight is 469 g/mol. The first kappa shape index (κ1) is 21.2. The van der Waals surface area contributed by atoms with Gasteiger partial charge in [-0.15, -0.1) is 0 Å². The summed E-state index contributed by atoms with van der Waals surface area (Å²) in [5.41, 5.74) is 2.35. The van der Waals surface area contributed by atoms with E-state index in [2.05, 4.69) is 5.10 Å². The first-order chi connectivity index (χ1) is 17.0. The quantitative estimate of drug-likeness (QED) is 0.431. The molecule has 0 aromatic heterocycles. The number of ether oxygens (including phenoxy) is 1. The van der Waals surface area contributed by atoms with Gasteiger partial charge in [0.15, 0.2) is 5.78 Å². The molecule has 3 aromatic rings. The van der Waals surface area contributed by atoms with E-state index in [9.17, 15) is 18.8 Å². The molecule has 2 fully saturated rings. The first-order valence-corrected chi connectivity index (χ1v) is 11.2. The van der Waals surface area contributed by atoms with Gasteiger partial charge in [0.1, 0.15) is 17.6 Å². The molecule has 0 aliphatic carbocycles. The maximum Gasteiger partial charge on any atom is 0.240 e. The van der Waals surface area contributed by atoms with Crippen molar-refractivity contribution in [1.82, 2.24) is 5.01 Å². The van der Waals surface area contributed by atoms with Gasteiger partial charge in [0.2, 0.25) is 11.8 Å². The summed E-state index contributed by atoms with van der Waals surface area (Å²) in [6, 6.07) is 17.8. The largest absolute Gasteiger partial charge is 0.497 e. The van der Waals surface area contributed by atoms with Crippen molar-refractivity contribution in [2.75, 3.05) is 12.0 Å². The van der Waals surface area contributed by atoms with E-state index in [0.29, 0.717) is 11.3 Å². The Kier molecular flexibility index (Phi) is 4.77. The van der Waals surface area contributed by atoms with Gasteiger partial charge in [0, 0.05) is 5.56 Å². The fourth-order valence-electron chi connectivity index (χ4n) is 5.44. The minimum absolute atomic E-state index is 0.283. The minimum atomic E-state index is -0.968. The molecule has 0 spiro atoms. The van der Waals surface area contributed by atoms with Gasteiger partial charge in [0.25, 0.3) is 0 Å². The van der Waals surface area contributed by atoms with Crippen molar-refractivity contribution in [1.29, 1.82) is 0 Å². The lowest BCUT2D eigenvalue weighted by Crippen LogP contribution is -2.44. The third-order valence-electron chi connectivity index (χ3n) is 7.02. The summed E-state index contributed by atoms with van der Waals surface area (Å²) in [5, 5.41) is 6.16. The highest BCUT2D eigenvalue weighted by atomic mass is 19.1. The van der Waals surface area contributed by atoms with E-state index in [1.165, 1.54) is 31.4 Å². The number of anilines is 1. The van der Waals surface area contributed by atoms with Crippen LogP contribution in [-0.2, 0) is 9.59 Å². The van der Waals surface area contributed by atoms with Crippen molar-refractivity contribution in [2.45, 2.75) is 12.1 Å². The van der Waals surface area contributed by atoms with E-state index in [1.807, 2.05) is 24.3 Å². The number of ketones is 1. The summed E-state index contributed by atoms with van der Waals surface area (Å²) in [5.74, 6) is -2.82. The second kappa shape index (κ2) is 7.87. The van der Waals surface area contributed by atoms with Crippen LogP contribution < -0.4 is 9.64 Å². The molecule has 2 saturated heterocycles. The van der Waals surface area contributed by atoms with Gasteiger partial charge in [0.05, 0.1) is 36.9 Å². The SMILES string of the molecule is COc1ccc(C(=O)[C@@H]2[C@@H]3C(=O)N(c4ccc(F)cc4)C(=O)[C@@H]3C3c4ccccc4C=NN32)cc1. The van der Waals surface area contributed by atoms with Crippen molar-refractivity contribution in [2.24, 2.45) is 16.9 Å². The van der Waals surface area contributed by atoms with Gasteiger partial charge in [-0.25, -0.2) is 9.29 Å². The smallest absolute Gasteiger partial charge is 0.240 e. The first-order valence-electron chi connectivity index (χ1n) is 11.2. The van der Waals surface area contributed by atoms with Crippen LogP contribution in [0, 0.1) is 17.7 Å². The van der Waals surface area contributed by atoms with Crippen LogP contribution in [0.4, 0.5) is 10.1 Å². The van der Waals surface area contributed by atoms with Gasteiger partial charge in [-0.05, 0) is 59.7 Å². The number of nitrogens with zero attached hydrogens (tertiary/aromatic N) is 3. The molecular weight excluding hydrogens is 449 g/mol.